The zero-order chi connectivity index (χ0) is 26.5. The number of ether oxygens (including phenoxy) is 3. The second-order valence-electron chi connectivity index (χ2n) is 9.06. The lowest BCUT2D eigenvalue weighted by Gasteiger charge is -2.23. The van der Waals surface area contributed by atoms with Crippen molar-refractivity contribution in [2.45, 2.75) is 13.0 Å². The Morgan fingerprint density at radius 3 is 2.24 bits per heavy atom. The first-order chi connectivity index (χ1) is 18.6. The van der Waals surface area contributed by atoms with Gasteiger partial charge in [-0.3, -0.25) is 4.79 Å². The van der Waals surface area contributed by atoms with E-state index < -0.39 is 0 Å². The van der Waals surface area contributed by atoms with Crippen molar-refractivity contribution in [2.24, 2.45) is 0 Å². The third-order valence-corrected chi connectivity index (χ3v) is 6.63. The van der Waals surface area contributed by atoms with Crippen LogP contribution in [0.1, 0.15) is 22.3 Å². The zero-order valence-corrected chi connectivity index (χ0v) is 23.8. The summed E-state index contributed by atoms with van der Waals surface area (Å²) in [5, 5.41) is 0.703. The molecule has 0 radical (unpaired) electrons. The van der Waals surface area contributed by atoms with E-state index in [9.17, 15) is 4.79 Å². The lowest BCUT2D eigenvalue weighted by molar-refractivity contribution is 0.0767. The minimum absolute atomic E-state index is 0. The largest absolute Gasteiger partial charge is 0.493 e. The molecule has 1 saturated heterocycles. The topological polar surface area (TPSA) is 166 Å². The van der Waals surface area contributed by atoms with E-state index in [-0.39, 0.29) is 29.3 Å². The fourth-order valence-corrected chi connectivity index (χ4v) is 4.55. The Morgan fingerprint density at radius 2 is 1.56 bits per heavy atom. The molecular formula is C29H36ClN5O6. The molecular weight excluding hydrogens is 550 g/mol. The van der Waals surface area contributed by atoms with Gasteiger partial charge in [-0.2, -0.15) is 4.98 Å². The van der Waals surface area contributed by atoms with Crippen molar-refractivity contribution >= 4 is 41.0 Å². The summed E-state index contributed by atoms with van der Waals surface area (Å²) in [5.41, 5.74) is 8.70. The summed E-state index contributed by atoms with van der Waals surface area (Å²) in [6, 6.07) is 20.9. The van der Waals surface area contributed by atoms with Crippen molar-refractivity contribution in [1.82, 2.24) is 14.9 Å². The maximum Gasteiger partial charge on any atom is 0.253 e. The van der Waals surface area contributed by atoms with Crippen molar-refractivity contribution in [3.05, 3.63) is 77.9 Å². The average molecular weight is 586 g/mol. The number of nitrogen functional groups attached to an aromatic ring is 1. The van der Waals surface area contributed by atoms with Gasteiger partial charge in [0.05, 0.1) is 19.7 Å². The van der Waals surface area contributed by atoms with E-state index in [1.165, 1.54) is 0 Å². The minimum Gasteiger partial charge on any atom is -0.493 e. The van der Waals surface area contributed by atoms with Crippen LogP contribution >= 0.6 is 12.4 Å². The Balaban J connectivity index is 0.00000196. The van der Waals surface area contributed by atoms with Gasteiger partial charge in [0.25, 0.3) is 5.91 Å². The van der Waals surface area contributed by atoms with Crippen molar-refractivity contribution in [3.8, 4) is 17.2 Å². The Kier molecular flexibility index (Phi) is 11.9. The summed E-state index contributed by atoms with van der Waals surface area (Å²) >= 11 is 0. The fourth-order valence-electron chi connectivity index (χ4n) is 4.55. The molecule has 1 fully saturated rings. The number of aromatic nitrogens is 2. The number of benzene rings is 3. The fraction of sp³-hybridized carbons (Fsp3) is 0.276. The summed E-state index contributed by atoms with van der Waals surface area (Å²) in [6.07, 6.45) is 0.789. The highest BCUT2D eigenvalue weighted by atomic mass is 35.5. The molecule has 0 unspecified atom stereocenters. The van der Waals surface area contributed by atoms with Gasteiger partial charge < -0.3 is 40.7 Å². The summed E-state index contributed by atoms with van der Waals surface area (Å²) in [4.78, 5) is 26.5. The monoisotopic (exact) mass is 585 g/mol. The number of hydrogen-bond donors (Lipinski definition) is 1. The Labute approximate surface area is 244 Å². The van der Waals surface area contributed by atoms with Crippen LogP contribution in [0.2, 0.25) is 0 Å². The van der Waals surface area contributed by atoms with E-state index in [2.05, 4.69) is 9.88 Å². The molecule has 4 aromatic rings. The average Bonchev–Trinajstić information content (AvgIpc) is 3.22. The maximum absolute atomic E-state index is 13.2. The number of amides is 1. The van der Waals surface area contributed by atoms with Gasteiger partial charge >= 0.3 is 0 Å². The maximum atomic E-state index is 13.2. The molecule has 6 N–H and O–H groups in total. The van der Waals surface area contributed by atoms with Gasteiger partial charge in [-0.05, 0) is 42.3 Å². The lowest BCUT2D eigenvalue weighted by atomic mass is 10.2. The molecule has 0 atom stereocenters. The van der Waals surface area contributed by atoms with Gasteiger partial charge in [0.15, 0.2) is 11.5 Å². The lowest BCUT2D eigenvalue weighted by Crippen LogP contribution is -2.35. The van der Waals surface area contributed by atoms with Crippen LogP contribution in [0.25, 0.3) is 10.9 Å². The van der Waals surface area contributed by atoms with Crippen LogP contribution in [0.4, 0.5) is 11.8 Å². The Hall–Kier alpha value is -4.32. The predicted octanol–water partition coefficient (Wildman–Crippen LogP) is 2.93. The van der Waals surface area contributed by atoms with Gasteiger partial charge in [0.2, 0.25) is 5.95 Å². The van der Waals surface area contributed by atoms with Crippen molar-refractivity contribution in [3.63, 3.8) is 0 Å². The smallest absolute Gasteiger partial charge is 0.253 e. The summed E-state index contributed by atoms with van der Waals surface area (Å²) in [6.45, 7) is 3.00. The molecule has 2 heterocycles. The molecule has 0 spiro atoms. The van der Waals surface area contributed by atoms with Gasteiger partial charge in [-0.25, -0.2) is 4.98 Å². The molecule has 3 aromatic carbocycles. The van der Waals surface area contributed by atoms with Crippen molar-refractivity contribution < 1.29 is 30.0 Å². The van der Waals surface area contributed by atoms with Gasteiger partial charge in [-0.1, -0.05) is 30.3 Å². The Bertz CT molecular complexity index is 1430. The molecule has 1 aromatic heterocycles. The highest BCUT2D eigenvalue weighted by Gasteiger charge is 2.23. The number of carbonyl (C=O) groups excluding carboxylic acids is 1. The van der Waals surface area contributed by atoms with Crippen LogP contribution in [-0.4, -0.2) is 72.1 Å². The first-order valence-electron chi connectivity index (χ1n) is 12.6. The molecule has 5 rings (SSSR count). The SMILES string of the molecule is COc1cc2nc(N3CCCN(C(=O)c4ccc(OCc5ccccc5)cc4)CC3)nc(N)c2cc1OC.Cl.O.O. The zero-order valence-electron chi connectivity index (χ0n) is 23.0. The molecule has 220 valence electrons. The number of hydrogen-bond acceptors (Lipinski definition) is 8. The van der Waals surface area contributed by atoms with Crippen LogP contribution in [-0.2, 0) is 6.61 Å². The van der Waals surface area contributed by atoms with E-state index in [0.29, 0.717) is 72.5 Å². The van der Waals surface area contributed by atoms with E-state index in [0.717, 1.165) is 17.7 Å². The number of halogens is 1. The second-order valence-corrected chi connectivity index (χ2v) is 9.06. The number of anilines is 2. The van der Waals surface area contributed by atoms with E-state index in [1.54, 1.807) is 26.4 Å². The molecule has 0 bridgehead atoms. The third kappa shape index (κ3) is 7.46. The number of nitrogens with two attached hydrogens (primary N) is 1. The van der Waals surface area contributed by atoms with Crippen LogP contribution < -0.4 is 24.8 Å². The van der Waals surface area contributed by atoms with Crippen LogP contribution in [0.15, 0.2) is 66.7 Å². The number of methoxy groups -OCH3 is 2. The van der Waals surface area contributed by atoms with Crippen molar-refractivity contribution in [2.75, 3.05) is 51.0 Å². The van der Waals surface area contributed by atoms with Gasteiger partial charge in [-0.15, -0.1) is 12.4 Å². The first-order valence-corrected chi connectivity index (χ1v) is 12.6. The third-order valence-electron chi connectivity index (χ3n) is 6.63. The summed E-state index contributed by atoms with van der Waals surface area (Å²) in [7, 11) is 3.16. The predicted molar refractivity (Wildman–Crippen MR) is 161 cm³/mol. The standard InChI is InChI=1S/C29H31N5O4.ClH.2H2O/c1-36-25-17-23-24(18-26(25)37-2)31-29(32-27(23)30)34-14-6-13-33(15-16-34)28(35)21-9-11-22(12-10-21)38-19-20-7-4-3-5-8-20;;;/h3-5,7-12,17-18H,6,13-16,19H2,1-2H3,(H2,30,31,32);1H;2*1H2. The van der Waals surface area contributed by atoms with E-state index >= 15 is 0 Å². The number of carbonyl (C=O) groups is 1. The molecule has 11 nitrogen and oxygen atoms in total. The van der Waals surface area contributed by atoms with E-state index in [4.69, 9.17) is 24.9 Å². The number of nitrogens with zero attached hydrogens (tertiary/aromatic N) is 4. The number of fused-ring (bicyclic) bond motifs is 1. The number of rotatable bonds is 7. The van der Waals surface area contributed by atoms with Crippen LogP contribution in [0.5, 0.6) is 17.2 Å². The molecule has 1 amide bonds. The second kappa shape index (κ2) is 14.9. The summed E-state index contributed by atoms with van der Waals surface area (Å²) in [5.74, 6) is 2.79. The normalized spacial score (nSPS) is 12.7. The highest BCUT2D eigenvalue weighted by molar-refractivity contribution is 5.94. The van der Waals surface area contributed by atoms with Gasteiger partial charge in [0.1, 0.15) is 18.2 Å². The molecule has 12 heteroatoms. The molecule has 41 heavy (non-hydrogen) atoms. The van der Waals surface area contributed by atoms with Crippen LogP contribution in [0.3, 0.4) is 0 Å². The quantitative estimate of drug-likeness (QED) is 0.345. The summed E-state index contributed by atoms with van der Waals surface area (Å²) < 4.78 is 16.7. The minimum atomic E-state index is -0.00256. The molecule has 0 aliphatic carbocycles. The molecule has 1 aliphatic rings. The van der Waals surface area contributed by atoms with Crippen molar-refractivity contribution in [1.29, 1.82) is 0 Å². The van der Waals surface area contributed by atoms with Gasteiger partial charge in [0, 0.05) is 43.2 Å². The van der Waals surface area contributed by atoms with E-state index in [1.807, 2.05) is 59.5 Å². The highest BCUT2D eigenvalue weighted by Crippen LogP contribution is 2.34. The Morgan fingerprint density at radius 1 is 0.878 bits per heavy atom. The first kappa shape index (κ1) is 32.9. The molecule has 1 aliphatic heterocycles. The molecule has 0 saturated carbocycles. The van der Waals surface area contributed by atoms with Crippen LogP contribution in [0, 0.1) is 0 Å².